The Bertz CT molecular complexity index is 880. The second-order valence-corrected chi connectivity index (χ2v) is 5.32. The van der Waals surface area contributed by atoms with Crippen LogP contribution in [0.3, 0.4) is 0 Å². The first-order valence-electron chi connectivity index (χ1n) is 7.94. The van der Waals surface area contributed by atoms with Crippen molar-refractivity contribution in [1.29, 1.82) is 0 Å². The van der Waals surface area contributed by atoms with Crippen LogP contribution in [0.2, 0.25) is 0 Å². The lowest BCUT2D eigenvalue weighted by Gasteiger charge is -2.09. The summed E-state index contributed by atoms with van der Waals surface area (Å²) < 4.78 is 15.9. The van der Waals surface area contributed by atoms with Crippen molar-refractivity contribution >= 4 is 5.91 Å². The summed E-state index contributed by atoms with van der Waals surface area (Å²) in [7, 11) is 3.07. The Balaban J connectivity index is 1.57. The molecule has 0 radical (unpaired) electrons. The zero-order valence-corrected chi connectivity index (χ0v) is 14.4. The van der Waals surface area contributed by atoms with Gasteiger partial charge in [-0.2, -0.15) is 0 Å². The van der Waals surface area contributed by atoms with E-state index in [1.807, 2.05) is 6.07 Å². The van der Waals surface area contributed by atoms with Gasteiger partial charge in [0.1, 0.15) is 0 Å². The summed E-state index contributed by atoms with van der Waals surface area (Å²) in [6.45, 7) is 0.363. The van der Waals surface area contributed by atoms with Gasteiger partial charge in [-0.3, -0.25) is 9.78 Å². The van der Waals surface area contributed by atoms with Crippen molar-refractivity contribution in [2.45, 2.75) is 6.42 Å². The van der Waals surface area contributed by atoms with Crippen molar-refractivity contribution in [2.24, 2.45) is 0 Å². The molecule has 2 heterocycles. The monoisotopic (exact) mass is 354 g/mol. The van der Waals surface area contributed by atoms with E-state index in [-0.39, 0.29) is 5.91 Å². The largest absolute Gasteiger partial charge is 0.493 e. The summed E-state index contributed by atoms with van der Waals surface area (Å²) in [6.07, 6.45) is 3.74. The van der Waals surface area contributed by atoms with Crippen LogP contribution in [0.1, 0.15) is 16.2 Å². The van der Waals surface area contributed by atoms with Crippen LogP contribution in [0.4, 0.5) is 0 Å². The highest BCUT2D eigenvalue weighted by Gasteiger charge is 2.12. The standard InChI is InChI=1S/C18H18N4O4/c1-24-14-6-5-12(10-15(14)25-2)17(23)20-9-7-16-21-22-18(26-16)13-4-3-8-19-11-13/h3-6,8,10-11H,7,9H2,1-2H3,(H,20,23). The number of carbonyl (C=O) groups excluding carboxylic acids is 1. The van der Waals surface area contributed by atoms with Gasteiger partial charge >= 0.3 is 0 Å². The van der Waals surface area contributed by atoms with E-state index in [0.29, 0.717) is 41.8 Å². The fourth-order valence-electron chi connectivity index (χ4n) is 2.32. The molecule has 3 aromatic rings. The average Bonchev–Trinajstić information content (AvgIpc) is 3.17. The van der Waals surface area contributed by atoms with Gasteiger partial charge in [-0.15, -0.1) is 10.2 Å². The molecule has 0 saturated carbocycles. The SMILES string of the molecule is COc1ccc(C(=O)NCCc2nnc(-c3cccnc3)o2)cc1OC. The molecule has 8 nitrogen and oxygen atoms in total. The van der Waals surface area contributed by atoms with Crippen molar-refractivity contribution in [3.05, 3.63) is 54.2 Å². The van der Waals surface area contributed by atoms with E-state index in [1.165, 1.54) is 7.11 Å². The van der Waals surface area contributed by atoms with Crippen molar-refractivity contribution < 1.29 is 18.7 Å². The molecule has 2 aromatic heterocycles. The van der Waals surface area contributed by atoms with Gasteiger partial charge in [0.05, 0.1) is 19.8 Å². The maximum atomic E-state index is 12.2. The average molecular weight is 354 g/mol. The third-order valence-corrected chi connectivity index (χ3v) is 3.65. The lowest BCUT2D eigenvalue weighted by Crippen LogP contribution is -2.25. The van der Waals surface area contributed by atoms with Gasteiger partial charge in [-0.1, -0.05) is 0 Å². The van der Waals surface area contributed by atoms with E-state index >= 15 is 0 Å². The number of hydrogen-bond acceptors (Lipinski definition) is 7. The van der Waals surface area contributed by atoms with Crippen molar-refractivity contribution in [1.82, 2.24) is 20.5 Å². The highest BCUT2D eigenvalue weighted by Crippen LogP contribution is 2.27. The maximum Gasteiger partial charge on any atom is 0.251 e. The van der Waals surface area contributed by atoms with Crippen LogP contribution in [0.5, 0.6) is 11.5 Å². The summed E-state index contributed by atoms with van der Waals surface area (Å²) in [5.74, 6) is 1.68. The normalized spacial score (nSPS) is 10.4. The van der Waals surface area contributed by atoms with Gasteiger partial charge < -0.3 is 19.2 Å². The smallest absolute Gasteiger partial charge is 0.251 e. The molecule has 0 spiro atoms. The summed E-state index contributed by atoms with van der Waals surface area (Å²) in [4.78, 5) is 16.3. The third-order valence-electron chi connectivity index (χ3n) is 3.65. The van der Waals surface area contributed by atoms with Gasteiger partial charge in [0.25, 0.3) is 5.91 Å². The zero-order chi connectivity index (χ0) is 18.4. The number of carbonyl (C=O) groups is 1. The molecule has 26 heavy (non-hydrogen) atoms. The third kappa shape index (κ3) is 3.97. The number of benzene rings is 1. The molecule has 3 rings (SSSR count). The second-order valence-electron chi connectivity index (χ2n) is 5.32. The molecule has 1 N–H and O–H groups in total. The lowest BCUT2D eigenvalue weighted by atomic mass is 10.2. The van der Waals surface area contributed by atoms with Gasteiger partial charge in [0.2, 0.25) is 11.8 Å². The van der Waals surface area contributed by atoms with Crippen LogP contribution in [0.25, 0.3) is 11.5 Å². The Labute approximate surface area is 150 Å². The van der Waals surface area contributed by atoms with Crippen LogP contribution >= 0.6 is 0 Å². The number of pyridine rings is 1. The Morgan fingerprint density at radius 3 is 2.73 bits per heavy atom. The Morgan fingerprint density at radius 1 is 1.15 bits per heavy atom. The zero-order valence-electron chi connectivity index (χ0n) is 14.4. The van der Waals surface area contributed by atoms with E-state index in [9.17, 15) is 4.79 Å². The Kier molecular flexibility index (Phi) is 5.43. The van der Waals surface area contributed by atoms with Crippen molar-refractivity contribution in [3.8, 4) is 23.0 Å². The number of nitrogens with zero attached hydrogens (tertiary/aromatic N) is 3. The predicted octanol–water partition coefficient (Wildman–Crippen LogP) is 2.12. The van der Waals surface area contributed by atoms with Crippen LogP contribution in [-0.4, -0.2) is 41.9 Å². The molecule has 0 atom stereocenters. The van der Waals surface area contributed by atoms with Gasteiger partial charge in [-0.25, -0.2) is 0 Å². The molecule has 8 heteroatoms. The molecular weight excluding hydrogens is 336 g/mol. The molecule has 0 unspecified atom stereocenters. The minimum atomic E-state index is -0.224. The molecule has 0 aliphatic heterocycles. The molecule has 0 aliphatic carbocycles. The number of methoxy groups -OCH3 is 2. The van der Waals surface area contributed by atoms with E-state index < -0.39 is 0 Å². The highest BCUT2D eigenvalue weighted by atomic mass is 16.5. The van der Waals surface area contributed by atoms with E-state index in [4.69, 9.17) is 13.9 Å². The predicted molar refractivity (Wildman–Crippen MR) is 93.1 cm³/mol. The minimum absolute atomic E-state index is 0.224. The molecular formula is C18H18N4O4. The highest BCUT2D eigenvalue weighted by molar-refractivity contribution is 5.94. The number of amides is 1. The number of ether oxygens (including phenoxy) is 2. The van der Waals surface area contributed by atoms with Crippen molar-refractivity contribution in [2.75, 3.05) is 20.8 Å². The Hall–Kier alpha value is -3.42. The van der Waals surface area contributed by atoms with E-state index in [0.717, 1.165) is 5.56 Å². The summed E-state index contributed by atoms with van der Waals surface area (Å²) in [5.41, 5.74) is 1.23. The number of rotatable bonds is 7. The molecule has 134 valence electrons. The van der Waals surface area contributed by atoms with Crippen LogP contribution in [0.15, 0.2) is 47.1 Å². The number of aromatic nitrogens is 3. The first-order chi connectivity index (χ1) is 12.7. The van der Waals surface area contributed by atoms with Crippen molar-refractivity contribution in [3.63, 3.8) is 0 Å². The second kappa shape index (κ2) is 8.11. The molecule has 0 bridgehead atoms. The van der Waals surface area contributed by atoms with Gasteiger partial charge in [0.15, 0.2) is 11.5 Å². The maximum absolute atomic E-state index is 12.2. The van der Waals surface area contributed by atoms with E-state index in [2.05, 4.69) is 20.5 Å². The first kappa shape index (κ1) is 17.4. The quantitative estimate of drug-likeness (QED) is 0.694. The lowest BCUT2D eigenvalue weighted by molar-refractivity contribution is 0.0953. The fraction of sp³-hybridized carbons (Fsp3) is 0.222. The van der Waals surface area contributed by atoms with E-state index in [1.54, 1.807) is 43.8 Å². The number of nitrogens with one attached hydrogen (secondary N) is 1. The number of hydrogen-bond donors (Lipinski definition) is 1. The molecule has 0 fully saturated rings. The summed E-state index contributed by atoms with van der Waals surface area (Å²) in [6, 6.07) is 8.61. The van der Waals surface area contributed by atoms with Gasteiger partial charge in [-0.05, 0) is 30.3 Å². The van der Waals surface area contributed by atoms with Crippen LogP contribution in [0, 0.1) is 0 Å². The molecule has 1 aromatic carbocycles. The van der Waals surface area contributed by atoms with Crippen LogP contribution < -0.4 is 14.8 Å². The first-order valence-corrected chi connectivity index (χ1v) is 7.94. The van der Waals surface area contributed by atoms with Crippen LogP contribution in [-0.2, 0) is 6.42 Å². The summed E-state index contributed by atoms with van der Waals surface area (Å²) in [5, 5.41) is 10.8. The van der Waals surface area contributed by atoms with Gasteiger partial charge in [0, 0.05) is 30.9 Å². The molecule has 0 saturated heterocycles. The topological polar surface area (TPSA) is 99.4 Å². The fourth-order valence-corrected chi connectivity index (χ4v) is 2.32. The minimum Gasteiger partial charge on any atom is -0.493 e. The Morgan fingerprint density at radius 2 is 2.00 bits per heavy atom. The molecule has 0 aliphatic rings. The molecule has 1 amide bonds. The summed E-state index contributed by atoms with van der Waals surface area (Å²) >= 11 is 0.